The minimum atomic E-state index is -0.277. The molecule has 4 heteroatoms. The van der Waals surface area contributed by atoms with Gasteiger partial charge in [-0.05, 0) is 26.3 Å². The molecule has 1 unspecified atom stereocenters. The summed E-state index contributed by atoms with van der Waals surface area (Å²) in [5.41, 5.74) is 3.20. The largest absolute Gasteiger partial charge is 0.391 e. The van der Waals surface area contributed by atoms with Gasteiger partial charge in [0.15, 0.2) is 0 Å². The van der Waals surface area contributed by atoms with Gasteiger partial charge in [0.2, 0.25) is 0 Å². The van der Waals surface area contributed by atoms with Gasteiger partial charge in [-0.2, -0.15) is 5.26 Å². The van der Waals surface area contributed by atoms with Gasteiger partial charge in [0, 0.05) is 18.8 Å². The molecule has 0 saturated carbocycles. The van der Waals surface area contributed by atoms with Crippen molar-refractivity contribution < 1.29 is 5.11 Å². The Morgan fingerprint density at radius 3 is 2.88 bits per heavy atom. The summed E-state index contributed by atoms with van der Waals surface area (Å²) in [7, 11) is 0. The molecule has 0 aliphatic carbocycles. The molecule has 0 amide bonds. The number of hydrogen-bond acceptors (Lipinski definition) is 4. The molecule has 1 fully saturated rings. The second-order valence-electron chi connectivity index (χ2n) is 4.24. The molecule has 84 valence electrons. The van der Waals surface area contributed by atoms with E-state index in [1.54, 1.807) is 0 Å². The van der Waals surface area contributed by atoms with E-state index < -0.39 is 0 Å². The lowest BCUT2D eigenvalue weighted by atomic mass is 10.1. The van der Waals surface area contributed by atoms with Crippen molar-refractivity contribution in [3.63, 3.8) is 0 Å². The molecule has 1 atom stereocenters. The van der Waals surface area contributed by atoms with Crippen LogP contribution in [0.2, 0.25) is 0 Å². The first-order chi connectivity index (χ1) is 7.61. The van der Waals surface area contributed by atoms with Crippen molar-refractivity contribution in [2.45, 2.75) is 26.4 Å². The Balaban J connectivity index is 2.43. The summed E-state index contributed by atoms with van der Waals surface area (Å²) in [5.74, 6) is 0. The van der Waals surface area contributed by atoms with E-state index in [2.05, 4.69) is 16.0 Å². The molecule has 0 spiro atoms. The van der Waals surface area contributed by atoms with Crippen LogP contribution in [0.4, 0.5) is 5.69 Å². The van der Waals surface area contributed by atoms with Crippen LogP contribution in [-0.4, -0.2) is 29.3 Å². The number of anilines is 1. The molecule has 1 aliphatic heterocycles. The Morgan fingerprint density at radius 1 is 1.56 bits per heavy atom. The van der Waals surface area contributed by atoms with E-state index in [1.165, 1.54) is 0 Å². The number of aryl methyl sites for hydroxylation is 2. The monoisotopic (exact) mass is 217 g/mol. The van der Waals surface area contributed by atoms with Crippen molar-refractivity contribution in [3.8, 4) is 6.07 Å². The molecule has 1 aromatic heterocycles. The van der Waals surface area contributed by atoms with Gasteiger partial charge in [-0.15, -0.1) is 0 Å². The molecule has 1 saturated heterocycles. The van der Waals surface area contributed by atoms with Crippen LogP contribution in [0.3, 0.4) is 0 Å². The van der Waals surface area contributed by atoms with Crippen molar-refractivity contribution in [1.82, 2.24) is 4.98 Å². The van der Waals surface area contributed by atoms with Crippen LogP contribution >= 0.6 is 0 Å². The lowest BCUT2D eigenvalue weighted by molar-refractivity contribution is 0.198. The summed E-state index contributed by atoms with van der Waals surface area (Å²) in [6.07, 6.45) is 0.492. The van der Waals surface area contributed by atoms with E-state index >= 15 is 0 Å². The van der Waals surface area contributed by atoms with Crippen LogP contribution in [0.25, 0.3) is 0 Å². The minimum Gasteiger partial charge on any atom is -0.391 e. The highest BCUT2D eigenvalue weighted by molar-refractivity contribution is 5.62. The molecule has 2 heterocycles. The third kappa shape index (κ3) is 1.86. The molecule has 0 aromatic carbocycles. The Hall–Kier alpha value is -1.60. The highest BCUT2D eigenvalue weighted by atomic mass is 16.3. The Bertz CT molecular complexity index is 450. The first kappa shape index (κ1) is 10.9. The molecular weight excluding hydrogens is 202 g/mol. The van der Waals surface area contributed by atoms with Gasteiger partial charge in [-0.3, -0.25) is 4.98 Å². The first-order valence-electron chi connectivity index (χ1n) is 5.43. The van der Waals surface area contributed by atoms with E-state index in [4.69, 9.17) is 5.26 Å². The van der Waals surface area contributed by atoms with Gasteiger partial charge in [-0.25, -0.2) is 0 Å². The molecule has 4 nitrogen and oxygen atoms in total. The van der Waals surface area contributed by atoms with E-state index in [1.807, 2.05) is 19.9 Å². The second kappa shape index (κ2) is 4.11. The molecule has 2 rings (SSSR count). The summed E-state index contributed by atoms with van der Waals surface area (Å²) >= 11 is 0. The number of β-amino-alcohol motifs (C(OH)–C–C–N with tert-alkyl or cyclic N) is 1. The zero-order valence-corrected chi connectivity index (χ0v) is 9.56. The van der Waals surface area contributed by atoms with Crippen molar-refractivity contribution in [3.05, 3.63) is 23.0 Å². The fourth-order valence-electron chi connectivity index (χ4n) is 2.16. The molecule has 1 N–H and O–H groups in total. The van der Waals surface area contributed by atoms with Crippen LogP contribution in [-0.2, 0) is 0 Å². The van der Waals surface area contributed by atoms with Crippen molar-refractivity contribution in [2.75, 3.05) is 18.0 Å². The predicted molar refractivity (Wildman–Crippen MR) is 61.3 cm³/mol. The maximum absolute atomic E-state index is 9.52. The topological polar surface area (TPSA) is 60.1 Å². The van der Waals surface area contributed by atoms with Crippen molar-refractivity contribution in [2.24, 2.45) is 0 Å². The summed E-state index contributed by atoms with van der Waals surface area (Å²) in [4.78, 5) is 6.34. The van der Waals surface area contributed by atoms with Crippen LogP contribution < -0.4 is 4.90 Å². The van der Waals surface area contributed by atoms with Crippen molar-refractivity contribution >= 4 is 5.69 Å². The Labute approximate surface area is 95.1 Å². The number of aromatic nitrogens is 1. The fourth-order valence-corrected chi connectivity index (χ4v) is 2.16. The summed E-state index contributed by atoms with van der Waals surface area (Å²) in [6.45, 7) is 5.18. The van der Waals surface area contributed by atoms with Gasteiger partial charge in [0.25, 0.3) is 0 Å². The number of nitrogens with zero attached hydrogens (tertiary/aromatic N) is 3. The minimum absolute atomic E-state index is 0.277. The smallest absolute Gasteiger partial charge is 0.103 e. The van der Waals surface area contributed by atoms with E-state index in [-0.39, 0.29) is 6.10 Å². The standard InChI is InChI=1S/C12H15N3O/c1-8-5-12(11(6-13)9(2)14-8)15-4-3-10(16)7-15/h5,10,16H,3-4,7H2,1-2H3. The average molecular weight is 217 g/mol. The summed E-state index contributed by atoms with van der Waals surface area (Å²) in [6, 6.07) is 4.12. The highest BCUT2D eigenvalue weighted by Gasteiger charge is 2.23. The van der Waals surface area contributed by atoms with Crippen LogP contribution in [0.5, 0.6) is 0 Å². The molecule has 0 bridgehead atoms. The number of hydrogen-bond donors (Lipinski definition) is 1. The lowest BCUT2D eigenvalue weighted by Gasteiger charge is -2.20. The zero-order chi connectivity index (χ0) is 11.7. The molecule has 16 heavy (non-hydrogen) atoms. The van der Waals surface area contributed by atoms with Gasteiger partial charge >= 0.3 is 0 Å². The lowest BCUT2D eigenvalue weighted by Crippen LogP contribution is -2.22. The van der Waals surface area contributed by atoms with Crippen LogP contribution in [0.1, 0.15) is 23.4 Å². The maximum Gasteiger partial charge on any atom is 0.103 e. The third-order valence-corrected chi connectivity index (χ3v) is 2.92. The van der Waals surface area contributed by atoms with Gasteiger partial charge in [0.1, 0.15) is 6.07 Å². The quantitative estimate of drug-likeness (QED) is 0.766. The third-order valence-electron chi connectivity index (χ3n) is 2.92. The number of aliphatic hydroxyl groups is 1. The highest BCUT2D eigenvalue weighted by Crippen LogP contribution is 2.26. The summed E-state index contributed by atoms with van der Waals surface area (Å²) in [5, 5.41) is 18.7. The Morgan fingerprint density at radius 2 is 2.31 bits per heavy atom. The maximum atomic E-state index is 9.52. The SMILES string of the molecule is Cc1cc(N2CCC(O)C2)c(C#N)c(C)n1. The molecular formula is C12H15N3O. The second-order valence-corrected chi connectivity index (χ2v) is 4.24. The van der Waals surface area contributed by atoms with Crippen LogP contribution in [0.15, 0.2) is 6.07 Å². The number of rotatable bonds is 1. The van der Waals surface area contributed by atoms with Crippen molar-refractivity contribution in [1.29, 1.82) is 5.26 Å². The normalized spacial score (nSPS) is 19.9. The van der Waals surface area contributed by atoms with Crippen LogP contribution in [0, 0.1) is 25.2 Å². The molecule has 0 radical (unpaired) electrons. The average Bonchev–Trinajstić information content (AvgIpc) is 2.63. The first-order valence-corrected chi connectivity index (χ1v) is 5.43. The summed E-state index contributed by atoms with van der Waals surface area (Å²) < 4.78 is 0. The number of nitriles is 1. The van der Waals surface area contributed by atoms with Gasteiger partial charge in [0.05, 0.1) is 23.0 Å². The van der Waals surface area contributed by atoms with E-state index in [9.17, 15) is 5.11 Å². The predicted octanol–water partition coefficient (Wildman–Crippen LogP) is 1.14. The zero-order valence-electron chi connectivity index (χ0n) is 9.56. The fraction of sp³-hybridized carbons (Fsp3) is 0.500. The molecule has 1 aromatic rings. The number of pyridine rings is 1. The van der Waals surface area contributed by atoms with E-state index in [0.29, 0.717) is 12.1 Å². The molecule has 1 aliphatic rings. The van der Waals surface area contributed by atoms with Gasteiger partial charge < -0.3 is 10.0 Å². The van der Waals surface area contributed by atoms with Gasteiger partial charge in [-0.1, -0.05) is 0 Å². The van der Waals surface area contributed by atoms with E-state index in [0.717, 1.165) is 30.0 Å². The number of aliphatic hydroxyl groups excluding tert-OH is 1. The Kier molecular flexibility index (Phi) is 2.80.